The molecule has 1 N–H and O–H groups in total. The summed E-state index contributed by atoms with van der Waals surface area (Å²) < 4.78 is 11.4. The van der Waals surface area contributed by atoms with Gasteiger partial charge in [-0.2, -0.15) is 4.98 Å². The zero-order valence-electron chi connectivity index (χ0n) is 15.0. The second-order valence-electron chi connectivity index (χ2n) is 7.10. The largest absolute Gasteiger partial charge is 0.493 e. The van der Waals surface area contributed by atoms with Gasteiger partial charge >= 0.3 is 0 Å². The summed E-state index contributed by atoms with van der Waals surface area (Å²) in [6, 6.07) is 11.8. The minimum atomic E-state index is -0.154. The van der Waals surface area contributed by atoms with Gasteiger partial charge in [0.15, 0.2) is 5.58 Å². The molecule has 0 aliphatic carbocycles. The van der Waals surface area contributed by atoms with Crippen LogP contribution in [0.25, 0.3) is 11.1 Å². The highest BCUT2D eigenvalue weighted by molar-refractivity contribution is 6.06. The van der Waals surface area contributed by atoms with Crippen LogP contribution in [0.1, 0.15) is 35.2 Å². The Bertz CT molecular complexity index is 1010. The van der Waals surface area contributed by atoms with Gasteiger partial charge in [0.25, 0.3) is 11.9 Å². The molecule has 2 aromatic carbocycles. The quantitative estimate of drug-likeness (QED) is 0.762. The van der Waals surface area contributed by atoms with Gasteiger partial charge in [-0.25, -0.2) is 0 Å². The first kappa shape index (κ1) is 16.2. The summed E-state index contributed by atoms with van der Waals surface area (Å²) in [5.74, 6) is 0.751. The minimum Gasteiger partial charge on any atom is -0.493 e. The molecule has 3 aromatic rings. The third-order valence-electron chi connectivity index (χ3n) is 5.21. The van der Waals surface area contributed by atoms with Crippen LogP contribution in [0.15, 0.2) is 40.8 Å². The van der Waals surface area contributed by atoms with E-state index in [1.54, 1.807) is 12.1 Å². The van der Waals surface area contributed by atoms with Crippen LogP contribution >= 0.6 is 0 Å². The van der Waals surface area contributed by atoms with E-state index < -0.39 is 0 Å². The number of rotatable bonds is 3. The van der Waals surface area contributed by atoms with Crippen molar-refractivity contribution >= 4 is 28.7 Å². The summed E-state index contributed by atoms with van der Waals surface area (Å²) in [5.41, 5.74) is 3.90. The molecular weight excluding hydrogens is 342 g/mol. The van der Waals surface area contributed by atoms with E-state index in [-0.39, 0.29) is 5.91 Å². The molecule has 27 heavy (non-hydrogen) atoms. The number of carbonyl (C=O) groups excluding carboxylic acids is 1. The maximum atomic E-state index is 12.7. The van der Waals surface area contributed by atoms with Gasteiger partial charge in [0.2, 0.25) is 0 Å². The molecule has 1 fully saturated rings. The molecule has 138 valence electrons. The summed E-state index contributed by atoms with van der Waals surface area (Å²) >= 11 is 0. The van der Waals surface area contributed by atoms with E-state index in [0.29, 0.717) is 29.3 Å². The number of amides is 1. The Morgan fingerprint density at radius 3 is 2.85 bits per heavy atom. The monoisotopic (exact) mass is 363 g/mol. The Hall–Kier alpha value is -3.02. The van der Waals surface area contributed by atoms with Crippen LogP contribution in [0.3, 0.4) is 0 Å². The summed E-state index contributed by atoms with van der Waals surface area (Å²) in [4.78, 5) is 19.4. The van der Waals surface area contributed by atoms with Gasteiger partial charge in [0, 0.05) is 30.8 Å². The second kappa shape index (κ2) is 6.61. The molecule has 6 nitrogen and oxygen atoms in total. The molecular formula is C21H21N3O3. The maximum Gasteiger partial charge on any atom is 0.298 e. The smallest absolute Gasteiger partial charge is 0.298 e. The van der Waals surface area contributed by atoms with E-state index in [1.807, 2.05) is 24.3 Å². The normalized spacial score (nSPS) is 16.2. The number of benzene rings is 2. The summed E-state index contributed by atoms with van der Waals surface area (Å²) in [7, 11) is 0. The Morgan fingerprint density at radius 2 is 1.96 bits per heavy atom. The molecule has 1 aromatic heterocycles. The van der Waals surface area contributed by atoms with Crippen LogP contribution in [0.4, 0.5) is 11.7 Å². The molecule has 0 bridgehead atoms. The van der Waals surface area contributed by atoms with Crippen molar-refractivity contribution in [3.8, 4) is 5.75 Å². The summed E-state index contributed by atoms with van der Waals surface area (Å²) in [5, 5.41) is 2.96. The molecule has 2 aliphatic heterocycles. The number of fused-ring (bicyclic) bond motifs is 2. The lowest BCUT2D eigenvalue weighted by atomic mass is 10.1. The van der Waals surface area contributed by atoms with Crippen molar-refractivity contribution in [2.45, 2.75) is 25.7 Å². The number of piperidine rings is 1. The molecule has 1 amide bonds. The Balaban J connectivity index is 1.36. The Kier molecular flexibility index (Phi) is 3.96. The van der Waals surface area contributed by atoms with Crippen LogP contribution in [-0.4, -0.2) is 30.6 Å². The van der Waals surface area contributed by atoms with E-state index >= 15 is 0 Å². The number of carbonyl (C=O) groups is 1. The fourth-order valence-electron chi connectivity index (χ4n) is 3.74. The number of nitrogens with zero attached hydrogens (tertiary/aromatic N) is 2. The lowest BCUT2D eigenvalue weighted by Crippen LogP contribution is -2.29. The fourth-order valence-corrected chi connectivity index (χ4v) is 3.74. The average molecular weight is 363 g/mol. The number of hydrogen-bond acceptors (Lipinski definition) is 5. The van der Waals surface area contributed by atoms with Crippen molar-refractivity contribution in [2.24, 2.45) is 0 Å². The van der Waals surface area contributed by atoms with Gasteiger partial charge in [-0.3, -0.25) is 4.79 Å². The number of anilines is 2. The second-order valence-corrected chi connectivity index (χ2v) is 7.10. The van der Waals surface area contributed by atoms with Crippen LogP contribution in [0.5, 0.6) is 5.75 Å². The number of ether oxygens (including phenoxy) is 1. The van der Waals surface area contributed by atoms with E-state index in [1.165, 1.54) is 6.42 Å². The topological polar surface area (TPSA) is 67.6 Å². The van der Waals surface area contributed by atoms with Gasteiger partial charge in [0.1, 0.15) is 11.3 Å². The molecule has 2 aliphatic rings. The van der Waals surface area contributed by atoms with Crippen molar-refractivity contribution in [3.05, 3.63) is 47.5 Å². The van der Waals surface area contributed by atoms with Gasteiger partial charge in [-0.15, -0.1) is 0 Å². The predicted octanol–water partition coefficient (Wildman–Crippen LogP) is 4.01. The molecule has 1 saturated heterocycles. The number of oxazole rings is 1. The fraction of sp³-hybridized carbons (Fsp3) is 0.333. The summed E-state index contributed by atoms with van der Waals surface area (Å²) in [6.07, 6.45) is 4.47. The van der Waals surface area contributed by atoms with Crippen LogP contribution in [-0.2, 0) is 6.42 Å². The number of aromatic nitrogens is 1. The lowest BCUT2D eigenvalue weighted by Gasteiger charge is -2.24. The van der Waals surface area contributed by atoms with Crippen LogP contribution < -0.4 is 15.0 Å². The number of nitrogens with one attached hydrogen (secondary N) is 1. The predicted molar refractivity (Wildman–Crippen MR) is 104 cm³/mol. The van der Waals surface area contributed by atoms with E-state index in [4.69, 9.17) is 9.15 Å². The third kappa shape index (κ3) is 3.12. The molecule has 0 saturated carbocycles. The molecule has 0 atom stereocenters. The van der Waals surface area contributed by atoms with Crippen molar-refractivity contribution in [1.82, 2.24) is 4.98 Å². The van der Waals surface area contributed by atoms with Gasteiger partial charge in [0.05, 0.1) is 6.61 Å². The molecule has 0 unspecified atom stereocenters. The number of hydrogen-bond donors (Lipinski definition) is 1. The summed E-state index contributed by atoms with van der Waals surface area (Å²) in [6.45, 7) is 2.65. The van der Waals surface area contributed by atoms with E-state index in [9.17, 15) is 4.79 Å². The molecule has 0 radical (unpaired) electrons. The first-order valence-corrected chi connectivity index (χ1v) is 9.49. The van der Waals surface area contributed by atoms with Gasteiger partial charge in [-0.1, -0.05) is 0 Å². The molecule has 5 rings (SSSR count). The lowest BCUT2D eigenvalue weighted by molar-refractivity contribution is 0.102. The highest BCUT2D eigenvalue weighted by Gasteiger charge is 2.18. The maximum absolute atomic E-state index is 12.7. The SMILES string of the molecule is O=C(Nc1ccc2c(c1)CCO2)c1ccc2oc(N3CCCCC3)nc2c1. The van der Waals surface area contributed by atoms with Gasteiger partial charge < -0.3 is 19.4 Å². The van der Waals surface area contributed by atoms with Gasteiger partial charge in [-0.05, 0) is 61.2 Å². The molecule has 6 heteroatoms. The molecule has 3 heterocycles. The van der Waals surface area contributed by atoms with Crippen molar-refractivity contribution in [3.63, 3.8) is 0 Å². The zero-order chi connectivity index (χ0) is 18.2. The van der Waals surface area contributed by atoms with Crippen molar-refractivity contribution < 1.29 is 13.9 Å². The van der Waals surface area contributed by atoms with E-state index in [0.717, 1.165) is 49.4 Å². The van der Waals surface area contributed by atoms with E-state index in [2.05, 4.69) is 15.2 Å². The average Bonchev–Trinajstić information content (AvgIpc) is 3.34. The zero-order valence-corrected chi connectivity index (χ0v) is 15.0. The Labute approximate surface area is 157 Å². The van der Waals surface area contributed by atoms with Crippen LogP contribution in [0.2, 0.25) is 0 Å². The minimum absolute atomic E-state index is 0.154. The molecule has 0 spiro atoms. The highest BCUT2D eigenvalue weighted by Crippen LogP contribution is 2.29. The first-order valence-electron chi connectivity index (χ1n) is 9.49. The van der Waals surface area contributed by atoms with Crippen molar-refractivity contribution in [2.75, 3.05) is 29.9 Å². The Morgan fingerprint density at radius 1 is 1.07 bits per heavy atom. The first-order chi connectivity index (χ1) is 13.3. The van der Waals surface area contributed by atoms with Crippen LogP contribution in [0, 0.1) is 0 Å². The third-order valence-corrected chi connectivity index (χ3v) is 5.21. The highest BCUT2D eigenvalue weighted by atomic mass is 16.5. The van der Waals surface area contributed by atoms with Crippen molar-refractivity contribution in [1.29, 1.82) is 0 Å². The standard InChI is InChI=1S/C21H21N3O3/c25-20(22-16-5-7-18-14(12-16)8-11-26-18)15-4-6-19-17(13-15)23-21(27-19)24-9-2-1-3-10-24/h4-7,12-13H,1-3,8-11H2,(H,22,25).